The molecule has 9 heteroatoms. The number of rotatable bonds is 7. The Kier molecular flexibility index (Phi) is 7.41. The number of ether oxygens (including phenoxy) is 1. The lowest BCUT2D eigenvalue weighted by Crippen LogP contribution is -2.57. The fourth-order valence-electron chi connectivity index (χ4n) is 3.32. The number of benzene rings is 2. The second kappa shape index (κ2) is 9.91. The van der Waals surface area contributed by atoms with Gasteiger partial charge in [0.05, 0.1) is 16.9 Å². The largest absolute Gasteiger partial charge is 0.476 e. The van der Waals surface area contributed by atoms with E-state index >= 15 is 0 Å². The van der Waals surface area contributed by atoms with Crippen LogP contribution in [0.3, 0.4) is 0 Å². The summed E-state index contributed by atoms with van der Waals surface area (Å²) in [6.45, 7) is 4.93. The molecule has 1 heterocycles. The molecule has 1 N–H and O–H groups in total. The molecule has 2 aromatic carbocycles. The fourth-order valence-corrected chi connectivity index (χ4v) is 3.94. The lowest BCUT2D eigenvalue weighted by atomic mass is 9.96. The summed E-state index contributed by atoms with van der Waals surface area (Å²) in [4.78, 5) is 27.9. The van der Waals surface area contributed by atoms with Gasteiger partial charge in [0, 0.05) is 5.69 Å². The molecule has 5 nitrogen and oxygen atoms in total. The third-order valence-corrected chi connectivity index (χ3v) is 6.16. The number of nitrogens with one attached hydrogen (secondary N) is 1. The molecule has 2 aromatic rings. The summed E-state index contributed by atoms with van der Waals surface area (Å²) in [5.74, 6) is 0.902. The monoisotopic (exact) mass is 478 g/mol. The van der Waals surface area contributed by atoms with Crippen LogP contribution in [-0.2, 0) is 20.5 Å². The molecule has 3 rings (SSSR count). The fraction of sp³-hybridized carbons (Fsp3) is 0.333. The summed E-state index contributed by atoms with van der Waals surface area (Å²) in [7, 11) is 0. The van der Waals surface area contributed by atoms with E-state index in [4.69, 9.17) is 4.74 Å². The molecule has 33 heavy (non-hydrogen) atoms. The summed E-state index contributed by atoms with van der Waals surface area (Å²) in [5, 5.41) is 2.50. The van der Waals surface area contributed by atoms with Gasteiger partial charge in [0.15, 0.2) is 6.73 Å². The topological polar surface area (TPSA) is 58.6 Å². The second-order valence-corrected chi connectivity index (χ2v) is 9.17. The van der Waals surface area contributed by atoms with Crippen LogP contribution in [0.1, 0.15) is 31.9 Å². The van der Waals surface area contributed by atoms with E-state index in [9.17, 15) is 22.8 Å². The predicted octanol–water partition coefficient (Wildman–Crippen LogP) is 5.40. The SMILES string of the molecule is CCSCC1=C(c2ccccc2)C(=O)N(C(C)(C)C(=O)Nc2cccc(C(F)(F)F)c2)CO1. The summed E-state index contributed by atoms with van der Waals surface area (Å²) in [5.41, 5.74) is -1.22. The zero-order chi connectivity index (χ0) is 24.2. The van der Waals surface area contributed by atoms with Crippen LogP contribution >= 0.6 is 11.8 Å². The van der Waals surface area contributed by atoms with Gasteiger partial charge < -0.3 is 10.1 Å². The van der Waals surface area contributed by atoms with Crippen LogP contribution in [0, 0.1) is 0 Å². The van der Waals surface area contributed by atoms with Gasteiger partial charge in [0.2, 0.25) is 5.91 Å². The number of carbonyl (C=O) groups excluding carboxylic acids is 2. The third kappa shape index (κ3) is 5.52. The van der Waals surface area contributed by atoms with E-state index in [0.29, 0.717) is 22.6 Å². The van der Waals surface area contributed by atoms with Crippen molar-refractivity contribution in [3.05, 3.63) is 71.5 Å². The van der Waals surface area contributed by atoms with Crippen molar-refractivity contribution in [2.45, 2.75) is 32.5 Å². The molecule has 0 aliphatic carbocycles. The van der Waals surface area contributed by atoms with Crippen molar-refractivity contribution < 1.29 is 27.5 Å². The maximum absolute atomic E-state index is 13.5. The summed E-state index contributed by atoms with van der Waals surface area (Å²) in [6.07, 6.45) is -4.53. The highest BCUT2D eigenvalue weighted by molar-refractivity contribution is 7.99. The van der Waals surface area contributed by atoms with Crippen LogP contribution in [-0.4, -0.2) is 40.5 Å². The van der Waals surface area contributed by atoms with Gasteiger partial charge in [-0.1, -0.05) is 43.3 Å². The molecule has 0 fully saturated rings. The van der Waals surface area contributed by atoms with Crippen molar-refractivity contribution >= 4 is 34.8 Å². The zero-order valence-electron chi connectivity index (χ0n) is 18.5. The smallest absolute Gasteiger partial charge is 0.416 e. The number of alkyl halides is 3. The maximum Gasteiger partial charge on any atom is 0.416 e. The second-order valence-electron chi connectivity index (χ2n) is 7.90. The van der Waals surface area contributed by atoms with E-state index in [0.717, 1.165) is 17.9 Å². The minimum atomic E-state index is -4.53. The average molecular weight is 479 g/mol. The first-order chi connectivity index (χ1) is 15.6. The number of halogens is 3. The number of hydrogen-bond acceptors (Lipinski definition) is 4. The van der Waals surface area contributed by atoms with Crippen LogP contribution in [0.15, 0.2) is 60.4 Å². The molecule has 0 spiro atoms. The highest BCUT2D eigenvalue weighted by Gasteiger charge is 2.43. The van der Waals surface area contributed by atoms with E-state index in [1.807, 2.05) is 25.1 Å². The van der Waals surface area contributed by atoms with Crippen molar-refractivity contribution in [3.8, 4) is 0 Å². The normalized spacial score (nSPS) is 14.8. The van der Waals surface area contributed by atoms with Gasteiger partial charge in [-0.05, 0) is 43.4 Å². The van der Waals surface area contributed by atoms with E-state index in [1.165, 1.54) is 30.9 Å². The lowest BCUT2D eigenvalue weighted by Gasteiger charge is -2.40. The summed E-state index contributed by atoms with van der Waals surface area (Å²) in [6, 6.07) is 13.4. The van der Waals surface area contributed by atoms with Crippen LogP contribution in [0.4, 0.5) is 18.9 Å². The summed E-state index contributed by atoms with van der Waals surface area (Å²) >= 11 is 1.61. The summed E-state index contributed by atoms with van der Waals surface area (Å²) < 4.78 is 45.0. The van der Waals surface area contributed by atoms with Gasteiger partial charge in [-0.25, -0.2) is 0 Å². The molecule has 0 saturated heterocycles. The standard InChI is InChI=1S/C24H25F3N2O3S/c1-4-33-14-19-20(16-9-6-5-7-10-16)21(30)29(15-32-19)23(2,3)22(31)28-18-12-8-11-17(13-18)24(25,26)27/h5-13H,4,14-15H2,1-3H3,(H,28,31). The highest BCUT2D eigenvalue weighted by atomic mass is 32.2. The van der Waals surface area contributed by atoms with Gasteiger partial charge in [0.1, 0.15) is 11.3 Å². The molecule has 1 aliphatic rings. The molecule has 1 aliphatic heterocycles. The number of hydrogen-bond donors (Lipinski definition) is 1. The van der Waals surface area contributed by atoms with E-state index in [2.05, 4.69) is 5.32 Å². The van der Waals surface area contributed by atoms with E-state index in [1.54, 1.807) is 23.9 Å². The Labute approximate surface area is 195 Å². The van der Waals surface area contributed by atoms with Crippen molar-refractivity contribution in [1.82, 2.24) is 4.90 Å². The molecule has 0 saturated carbocycles. The average Bonchev–Trinajstić information content (AvgIpc) is 2.77. The molecule has 0 atom stereocenters. The van der Waals surface area contributed by atoms with Crippen LogP contribution < -0.4 is 5.32 Å². The Morgan fingerprint density at radius 1 is 1.12 bits per heavy atom. The quantitative estimate of drug-likeness (QED) is 0.579. The Morgan fingerprint density at radius 2 is 1.82 bits per heavy atom. The van der Waals surface area contributed by atoms with Crippen molar-refractivity contribution in [2.24, 2.45) is 0 Å². The number of amides is 2. The number of thioether (sulfide) groups is 1. The molecule has 0 aromatic heterocycles. The minimum Gasteiger partial charge on any atom is -0.476 e. The van der Waals surface area contributed by atoms with Gasteiger partial charge in [-0.15, -0.1) is 0 Å². The van der Waals surface area contributed by atoms with Crippen LogP contribution in [0.5, 0.6) is 0 Å². The number of carbonyl (C=O) groups is 2. The molecule has 0 unspecified atom stereocenters. The Balaban J connectivity index is 1.88. The first-order valence-electron chi connectivity index (χ1n) is 10.4. The van der Waals surface area contributed by atoms with E-state index in [-0.39, 0.29) is 18.3 Å². The predicted molar refractivity (Wildman–Crippen MR) is 123 cm³/mol. The van der Waals surface area contributed by atoms with Crippen molar-refractivity contribution in [1.29, 1.82) is 0 Å². The molecule has 0 radical (unpaired) electrons. The number of nitrogens with zero attached hydrogens (tertiary/aromatic N) is 1. The molecular weight excluding hydrogens is 453 g/mol. The Morgan fingerprint density at radius 3 is 2.45 bits per heavy atom. The molecular formula is C24H25F3N2O3S. The minimum absolute atomic E-state index is 0.00728. The molecule has 2 amide bonds. The lowest BCUT2D eigenvalue weighted by molar-refractivity contribution is -0.147. The van der Waals surface area contributed by atoms with Gasteiger partial charge in [0.25, 0.3) is 5.91 Å². The van der Waals surface area contributed by atoms with Crippen molar-refractivity contribution in [3.63, 3.8) is 0 Å². The Bertz CT molecular complexity index is 1050. The Hall–Kier alpha value is -2.94. The first-order valence-corrected chi connectivity index (χ1v) is 11.5. The van der Waals surface area contributed by atoms with Crippen LogP contribution in [0.25, 0.3) is 5.57 Å². The van der Waals surface area contributed by atoms with Gasteiger partial charge in [-0.2, -0.15) is 24.9 Å². The molecule has 0 bridgehead atoms. The van der Waals surface area contributed by atoms with Gasteiger partial charge >= 0.3 is 6.18 Å². The van der Waals surface area contributed by atoms with Crippen molar-refractivity contribution in [2.75, 3.05) is 23.6 Å². The zero-order valence-corrected chi connectivity index (χ0v) is 19.3. The molecule has 176 valence electrons. The van der Waals surface area contributed by atoms with Gasteiger partial charge in [-0.3, -0.25) is 14.5 Å². The first kappa shape index (κ1) is 24.7. The highest BCUT2D eigenvalue weighted by Crippen LogP contribution is 2.34. The maximum atomic E-state index is 13.5. The third-order valence-electron chi connectivity index (χ3n) is 5.28. The van der Waals surface area contributed by atoms with Crippen LogP contribution in [0.2, 0.25) is 0 Å². The number of anilines is 1. The van der Waals surface area contributed by atoms with E-state index < -0.39 is 23.2 Å².